The molecular weight excluding hydrogens is 342 g/mol. The molecule has 1 heterocycles. The summed E-state index contributed by atoms with van der Waals surface area (Å²) in [6.45, 7) is 5.54. The number of benzene rings is 1. The van der Waals surface area contributed by atoms with Crippen LogP contribution in [0.2, 0.25) is 5.02 Å². The van der Waals surface area contributed by atoms with Crippen molar-refractivity contribution >= 4 is 17.3 Å². The summed E-state index contributed by atoms with van der Waals surface area (Å²) in [6.07, 6.45) is 4.14. The van der Waals surface area contributed by atoms with Crippen LogP contribution in [0.5, 0.6) is 11.5 Å². The van der Waals surface area contributed by atoms with E-state index in [1.54, 1.807) is 24.4 Å². The molecule has 0 spiro atoms. The SMILES string of the molecule is CCCc1cc(O)ccc1OCCCNc1cnn(CC)c(=O)c1Cl. The second-order valence-electron chi connectivity index (χ2n) is 5.66. The zero-order valence-electron chi connectivity index (χ0n) is 14.6. The number of hydrogen-bond donors (Lipinski definition) is 2. The Balaban J connectivity index is 1.85. The quantitative estimate of drug-likeness (QED) is 0.665. The molecule has 0 atom stereocenters. The monoisotopic (exact) mass is 365 g/mol. The van der Waals surface area contributed by atoms with Crippen molar-refractivity contribution in [3.8, 4) is 11.5 Å². The number of nitrogens with one attached hydrogen (secondary N) is 1. The Hall–Kier alpha value is -2.21. The summed E-state index contributed by atoms with van der Waals surface area (Å²) >= 11 is 6.07. The van der Waals surface area contributed by atoms with Gasteiger partial charge in [-0.15, -0.1) is 0 Å². The molecule has 0 amide bonds. The molecular formula is C18H24ClN3O3. The van der Waals surface area contributed by atoms with Crippen molar-refractivity contribution in [2.24, 2.45) is 0 Å². The van der Waals surface area contributed by atoms with E-state index in [0.717, 1.165) is 30.6 Å². The first-order chi connectivity index (χ1) is 12.1. The van der Waals surface area contributed by atoms with Gasteiger partial charge in [0.2, 0.25) is 0 Å². The Bertz CT molecular complexity index is 762. The topological polar surface area (TPSA) is 76.4 Å². The molecule has 1 aromatic heterocycles. The molecule has 1 aromatic carbocycles. The average Bonchev–Trinajstić information content (AvgIpc) is 2.60. The Morgan fingerprint density at radius 1 is 1.36 bits per heavy atom. The molecule has 0 fully saturated rings. The Labute approximate surface area is 152 Å². The molecule has 25 heavy (non-hydrogen) atoms. The van der Waals surface area contributed by atoms with Crippen molar-refractivity contribution in [2.75, 3.05) is 18.5 Å². The number of halogens is 1. The molecule has 7 heteroatoms. The summed E-state index contributed by atoms with van der Waals surface area (Å²) in [4.78, 5) is 11.9. The molecule has 2 aromatic rings. The molecule has 0 saturated heterocycles. The lowest BCUT2D eigenvalue weighted by atomic mass is 10.1. The first kappa shape index (κ1) is 19.1. The predicted molar refractivity (Wildman–Crippen MR) is 99.9 cm³/mol. The van der Waals surface area contributed by atoms with Crippen molar-refractivity contribution in [2.45, 2.75) is 39.7 Å². The summed E-state index contributed by atoms with van der Waals surface area (Å²) in [5.74, 6) is 1.05. The molecule has 6 nitrogen and oxygen atoms in total. The van der Waals surface area contributed by atoms with Crippen molar-refractivity contribution < 1.29 is 9.84 Å². The highest BCUT2D eigenvalue weighted by molar-refractivity contribution is 6.32. The van der Waals surface area contributed by atoms with Crippen LogP contribution in [-0.4, -0.2) is 28.0 Å². The lowest BCUT2D eigenvalue weighted by Crippen LogP contribution is -2.23. The number of aromatic nitrogens is 2. The largest absolute Gasteiger partial charge is 0.508 e. The van der Waals surface area contributed by atoms with Crippen LogP contribution in [0.4, 0.5) is 5.69 Å². The molecule has 2 N–H and O–H groups in total. The van der Waals surface area contributed by atoms with Crippen LogP contribution in [0.3, 0.4) is 0 Å². The smallest absolute Gasteiger partial charge is 0.287 e. The number of rotatable bonds is 9. The number of hydrogen-bond acceptors (Lipinski definition) is 5. The van der Waals surface area contributed by atoms with Crippen LogP contribution in [0.1, 0.15) is 32.3 Å². The highest BCUT2D eigenvalue weighted by Crippen LogP contribution is 2.25. The summed E-state index contributed by atoms with van der Waals surface area (Å²) in [6, 6.07) is 5.16. The molecule has 2 rings (SSSR count). The third-order valence-electron chi connectivity index (χ3n) is 3.74. The highest BCUT2D eigenvalue weighted by Gasteiger charge is 2.08. The van der Waals surface area contributed by atoms with Gasteiger partial charge in [-0.05, 0) is 43.5 Å². The van der Waals surface area contributed by atoms with Crippen LogP contribution in [0.25, 0.3) is 0 Å². The molecule has 0 saturated carbocycles. The number of anilines is 1. The first-order valence-electron chi connectivity index (χ1n) is 8.51. The molecule has 0 radical (unpaired) electrons. The molecule has 0 aliphatic heterocycles. The maximum Gasteiger partial charge on any atom is 0.287 e. The van der Waals surface area contributed by atoms with Gasteiger partial charge in [-0.1, -0.05) is 24.9 Å². The summed E-state index contributed by atoms with van der Waals surface area (Å²) in [5, 5.41) is 16.9. The zero-order valence-corrected chi connectivity index (χ0v) is 15.3. The van der Waals surface area contributed by atoms with E-state index in [2.05, 4.69) is 17.3 Å². The molecule has 0 aliphatic rings. The Kier molecular flexibility index (Phi) is 7.13. The minimum atomic E-state index is -0.293. The van der Waals surface area contributed by atoms with Gasteiger partial charge in [0.1, 0.15) is 16.5 Å². The minimum Gasteiger partial charge on any atom is -0.508 e. The second kappa shape index (κ2) is 9.32. The molecule has 136 valence electrons. The Morgan fingerprint density at radius 2 is 2.16 bits per heavy atom. The van der Waals surface area contributed by atoms with Gasteiger partial charge in [0.15, 0.2) is 0 Å². The number of ether oxygens (including phenoxy) is 1. The highest BCUT2D eigenvalue weighted by atomic mass is 35.5. The van der Waals surface area contributed by atoms with E-state index in [4.69, 9.17) is 16.3 Å². The van der Waals surface area contributed by atoms with Gasteiger partial charge in [0.25, 0.3) is 5.56 Å². The lowest BCUT2D eigenvalue weighted by molar-refractivity contribution is 0.311. The summed E-state index contributed by atoms with van der Waals surface area (Å²) in [5.41, 5.74) is 1.25. The van der Waals surface area contributed by atoms with E-state index in [1.165, 1.54) is 4.68 Å². The van der Waals surface area contributed by atoms with Crippen LogP contribution in [0.15, 0.2) is 29.2 Å². The number of aromatic hydroxyl groups is 1. The summed E-state index contributed by atoms with van der Waals surface area (Å²) in [7, 11) is 0. The van der Waals surface area contributed by atoms with Crippen LogP contribution in [0, 0.1) is 0 Å². The fourth-order valence-electron chi connectivity index (χ4n) is 2.46. The average molecular weight is 366 g/mol. The van der Waals surface area contributed by atoms with Gasteiger partial charge in [0, 0.05) is 13.1 Å². The van der Waals surface area contributed by atoms with Crippen LogP contribution < -0.4 is 15.6 Å². The third-order valence-corrected chi connectivity index (χ3v) is 4.11. The fraction of sp³-hybridized carbons (Fsp3) is 0.444. The van der Waals surface area contributed by atoms with Gasteiger partial charge in [-0.2, -0.15) is 5.10 Å². The predicted octanol–water partition coefficient (Wildman–Crippen LogP) is 3.46. The van der Waals surface area contributed by atoms with E-state index in [9.17, 15) is 9.90 Å². The van der Waals surface area contributed by atoms with E-state index in [1.807, 2.05) is 6.92 Å². The number of aryl methyl sites for hydroxylation is 2. The molecule has 0 unspecified atom stereocenters. The van der Waals surface area contributed by atoms with E-state index in [0.29, 0.717) is 25.4 Å². The zero-order chi connectivity index (χ0) is 18.2. The van der Waals surface area contributed by atoms with Gasteiger partial charge >= 0.3 is 0 Å². The number of phenolic OH excluding ortho intramolecular Hbond substituents is 1. The van der Waals surface area contributed by atoms with Crippen molar-refractivity contribution in [1.82, 2.24) is 9.78 Å². The number of nitrogens with zero attached hydrogens (tertiary/aromatic N) is 2. The van der Waals surface area contributed by atoms with E-state index in [-0.39, 0.29) is 16.3 Å². The molecule has 0 bridgehead atoms. The Morgan fingerprint density at radius 3 is 2.88 bits per heavy atom. The van der Waals surface area contributed by atoms with Crippen LogP contribution in [-0.2, 0) is 13.0 Å². The number of phenols is 1. The van der Waals surface area contributed by atoms with Crippen molar-refractivity contribution in [1.29, 1.82) is 0 Å². The van der Waals surface area contributed by atoms with Gasteiger partial charge < -0.3 is 15.2 Å². The second-order valence-corrected chi connectivity index (χ2v) is 6.04. The normalized spacial score (nSPS) is 10.7. The van der Waals surface area contributed by atoms with E-state index < -0.39 is 0 Å². The van der Waals surface area contributed by atoms with E-state index >= 15 is 0 Å². The standard InChI is InChI=1S/C18H24ClN3O3/c1-3-6-13-11-14(23)7-8-16(13)25-10-5-9-20-15-12-21-22(4-2)18(24)17(15)19/h7-8,11-12,20,23H,3-6,9-10H2,1-2H3. The first-order valence-corrected chi connectivity index (χ1v) is 8.88. The van der Waals surface area contributed by atoms with Crippen molar-refractivity contribution in [3.05, 3.63) is 45.3 Å². The molecule has 0 aliphatic carbocycles. The maximum absolute atomic E-state index is 11.9. The van der Waals surface area contributed by atoms with Crippen molar-refractivity contribution in [3.63, 3.8) is 0 Å². The van der Waals surface area contributed by atoms with Gasteiger partial charge in [-0.3, -0.25) is 4.79 Å². The lowest BCUT2D eigenvalue weighted by Gasteiger charge is -2.12. The third kappa shape index (κ3) is 5.13. The van der Waals surface area contributed by atoms with Gasteiger partial charge in [0.05, 0.1) is 18.5 Å². The van der Waals surface area contributed by atoms with Crippen LogP contribution >= 0.6 is 11.6 Å². The fourth-order valence-corrected chi connectivity index (χ4v) is 2.68. The summed E-state index contributed by atoms with van der Waals surface area (Å²) < 4.78 is 7.12. The minimum absolute atomic E-state index is 0.154. The maximum atomic E-state index is 11.9. The van der Waals surface area contributed by atoms with Gasteiger partial charge in [-0.25, -0.2) is 4.68 Å².